The van der Waals surface area contributed by atoms with Gasteiger partial charge >= 0.3 is 6.36 Å². The normalized spacial score (nSPS) is 11.4. The zero-order chi connectivity index (χ0) is 19.6. The highest BCUT2D eigenvalue weighted by Crippen LogP contribution is 2.35. The summed E-state index contributed by atoms with van der Waals surface area (Å²) in [7, 11) is 0. The maximum atomic E-state index is 12.4. The standard InChI is InChI=1S/C17H10BrClF3N3O2/c18-12-6-10(27-17(20,21)22)5-11-13(19)7-14(25-15(11)12)16(26)24-8-9-3-1-2-4-23-9/h1-7H,8H2,(H,24,26). The molecule has 1 aromatic carbocycles. The van der Waals surface area contributed by atoms with Crippen molar-refractivity contribution in [2.24, 2.45) is 0 Å². The fraction of sp³-hybridized carbons (Fsp3) is 0.118. The third-order valence-corrected chi connectivity index (χ3v) is 4.33. The minimum atomic E-state index is -4.83. The third-order valence-electron chi connectivity index (χ3n) is 3.41. The van der Waals surface area contributed by atoms with Crippen molar-refractivity contribution in [3.63, 3.8) is 0 Å². The number of amides is 1. The van der Waals surface area contributed by atoms with Gasteiger partial charge in [-0.25, -0.2) is 4.98 Å². The van der Waals surface area contributed by atoms with E-state index in [2.05, 4.69) is 36.0 Å². The average Bonchev–Trinajstić information content (AvgIpc) is 2.60. The summed E-state index contributed by atoms with van der Waals surface area (Å²) in [6.45, 7) is 0.191. The number of fused-ring (bicyclic) bond motifs is 1. The molecule has 5 nitrogen and oxygen atoms in total. The summed E-state index contributed by atoms with van der Waals surface area (Å²) >= 11 is 9.29. The Kier molecular flexibility index (Phi) is 5.52. The first-order valence-electron chi connectivity index (χ1n) is 7.46. The second-order valence-electron chi connectivity index (χ2n) is 5.34. The van der Waals surface area contributed by atoms with Crippen LogP contribution < -0.4 is 10.1 Å². The minimum absolute atomic E-state index is 0.0219. The van der Waals surface area contributed by atoms with Gasteiger partial charge < -0.3 is 10.1 Å². The number of pyridine rings is 2. The zero-order valence-corrected chi connectivity index (χ0v) is 15.7. The van der Waals surface area contributed by atoms with Crippen molar-refractivity contribution >= 4 is 44.3 Å². The molecule has 0 aliphatic rings. The summed E-state index contributed by atoms with van der Waals surface area (Å²) in [5, 5.41) is 2.94. The van der Waals surface area contributed by atoms with E-state index in [0.717, 1.165) is 12.1 Å². The molecular weight excluding hydrogens is 451 g/mol. The number of ether oxygens (including phenoxy) is 1. The molecule has 140 valence electrons. The summed E-state index contributed by atoms with van der Waals surface area (Å²) in [6, 6.07) is 8.79. The number of nitrogens with zero attached hydrogens (tertiary/aromatic N) is 2. The van der Waals surface area contributed by atoms with Crippen LogP contribution in [0.3, 0.4) is 0 Å². The van der Waals surface area contributed by atoms with Gasteiger partial charge in [0.2, 0.25) is 0 Å². The highest BCUT2D eigenvalue weighted by molar-refractivity contribution is 9.10. The van der Waals surface area contributed by atoms with Gasteiger partial charge in [-0.3, -0.25) is 9.78 Å². The monoisotopic (exact) mass is 459 g/mol. The number of hydrogen-bond acceptors (Lipinski definition) is 4. The van der Waals surface area contributed by atoms with Crippen LogP contribution in [0.5, 0.6) is 5.75 Å². The van der Waals surface area contributed by atoms with Crippen LogP contribution in [0.25, 0.3) is 10.9 Å². The molecule has 1 N–H and O–H groups in total. The number of rotatable bonds is 4. The van der Waals surface area contributed by atoms with Crippen molar-refractivity contribution in [2.45, 2.75) is 12.9 Å². The van der Waals surface area contributed by atoms with Gasteiger partial charge in [0, 0.05) is 16.1 Å². The van der Waals surface area contributed by atoms with Crippen molar-refractivity contribution in [1.82, 2.24) is 15.3 Å². The van der Waals surface area contributed by atoms with E-state index >= 15 is 0 Å². The number of aromatic nitrogens is 2. The first kappa shape index (κ1) is 19.4. The van der Waals surface area contributed by atoms with Crippen LogP contribution in [0.2, 0.25) is 5.02 Å². The minimum Gasteiger partial charge on any atom is -0.406 e. The van der Waals surface area contributed by atoms with Crippen molar-refractivity contribution < 1.29 is 22.7 Å². The van der Waals surface area contributed by atoms with Crippen LogP contribution in [-0.2, 0) is 6.54 Å². The van der Waals surface area contributed by atoms with Crippen molar-refractivity contribution in [2.75, 3.05) is 0 Å². The van der Waals surface area contributed by atoms with E-state index < -0.39 is 18.0 Å². The summed E-state index contributed by atoms with van der Waals surface area (Å²) in [4.78, 5) is 20.6. The first-order valence-corrected chi connectivity index (χ1v) is 8.64. The van der Waals surface area contributed by atoms with Crippen LogP contribution in [0.15, 0.2) is 47.1 Å². The smallest absolute Gasteiger partial charge is 0.406 e. The van der Waals surface area contributed by atoms with E-state index in [1.54, 1.807) is 24.4 Å². The lowest BCUT2D eigenvalue weighted by atomic mass is 10.2. The number of hydrogen-bond donors (Lipinski definition) is 1. The van der Waals surface area contributed by atoms with Gasteiger partial charge in [0.1, 0.15) is 11.4 Å². The largest absolute Gasteiger partial charge is 0.573 e. The van der Waals surface area contributed by atoms with Crippen LogP contribution in [-0.4, -0.2) is 22.2 Å². The Morgan fingerprint density at radius 3 is 2.70 bits per heavy atom. The van der Waals surface area contributed by atoms with Gasteiger partial charge in [0.25, 0.3) is 5.91 Å². The van der Waals surface area contributed by atoms with Gasteiger partial charge in [0.15, 0.2) is 0 Å². The molecule has 1 amide bonds. The lowest BCUT2D eigenvalue weighted by Gasteiger charge is -2.12. The SMILES string of the molecule is O=C(NCc1ccccn1)c1cc(Cl)c2cc(OC(F)(F)F)cc(Br)c2n1. The Morgan fingerprint density at radius 1 is 1.26 bits per heavy atom. The predicted octanol–water partition coefficient (Wildman–Crippen LogP) is 4.87. The third kappa shape index (κ3) is 4.86. The Bertz CT molecular complexity index is 1000. The predicted molar refractivity (Wildman–Crippen MR) is 96.5 cm³/mol. The van der Waals surface area contributed by atoms with Gasteiger partial charge in [-0.15, -0.1) is 13.2 Å². The van der Waals surface area contributed by atoms with E-state index in [9.17, 15) is 18.0 Å². The first-order chi connectivity index (χ1) is 12.7. The summed E-state index contributed by atoms with van der Waals surface area (Å²) in [6.07, 6.45) is -3.23. The summed E-state index contributed by atoms with van der Waals surface area (Å²) < 4.78 is 41.4. The molecule has 0 saturated heterocycles. The second kappa shape index (κ2) is 7.69. The van der Waals surface area contributed by atoms with E-state index in [-0.39, 0.29) is 32.6 Å². The number of benzene rings is 1. The zero-order valence-electron chi connectivity index (χ0n) is 13.3. The maximum Gasteiger partial charge on any atom is 0.573 e. The topological polar surface area (TPSA) is 64.1 Å². The number of alkyl halides is 3. The highest BCUT2D eigenvalue weighted by Gasteiger charge is 2.31. The van der Waals surface area contributed by atoms with E-state index in [4.69, 9.17) is 11.6 Å². The van der Waals surface area contributed by atoms with Crippen molar-refractivity contribution in [3.05, 3.63) is 63.5 Å². The van der Waals surface area contributed by atoms with Gasteiger partial charge in [-0.2, -0.15) is 0 Å². The highest BCUT2D eigenvalue weighted by atomic mass is 79.9. The molecule has 0 unspecified atom stereocenters. The van der Waals surface area contributed by atoms with E-state index in [1.165, 1.54) is 6.07 Å². The molecule has 3 aromatic rings. The summed E-state index contributed by atoms with van der Waals surface area (Å²) in [5.41, 5.74) is 0.918. The van der Waals surface area contributed by atoms with Crippen LogP contribution in [0.1, 0.15) is 16.2 Å². The number of nitrogens with one attached hydrogen (secondary N) is 1. The molecule has 0 atom stereocenters. The van der Waals surface area contributed by atoms with Crippen molar-refractivity contribution in [3.8, 4) is 5.75 Å². The van der Waals surface area contributed by atoms with Crippen LogP contribution in [0.4, 0.5) is 13.2 Å². The Labute approximate surface area is 164 Å². The van der Waals surface area contributed by atoms with Crippen molar-refractivity contribution in [1.29, 1.82) is 0 Å². The number of carbonyl (C=O) groups is 1. The second-order valence-corrected chi connectivity index (χ2v) is 6.60. The molecule has 2 heterocycles. The van der Waals surface area contributed by atoms with E-state index in [1.807, 2.05) is 0 Å². The Hall–Kier alpha value is -2.39. The summed E-state index contributed by atoms with van der Waals surface area (Å²) in [5.74, 6) is -0.940. The lowest BCUT2D eigenvalue weighted by Crippen LogP contribution is -2.24. The van der Waals surface area contributed by atoms with E-state index in [0.29, 0.717) is 5.69 Å². The van der Waals surface area contributed by atoms with Crippen LogP contribution >= 0.6 is 27.5 Å². The van der Waals surface area contributed by atoms with Crippen LogP contribution in [0, 0.1) is 0 Å². The average molecular weight is 461 g/mol. The molecule has 0 aliphatic carbocycles. The molecule has 0 bridgehead atoms. The quantitative estimate of drug-likeness (QED) is 0.603. The molecule has 2 aromatic heterocycles. The maximum absolute atomic E-state index is 12.4. The van der Waals surface area contributed by atoms with Gasteiger partial charge in [-0.1, -0.05) is 17.7 Å². The molecule has 0 spiro atoms. The molecule has 0 fully saturated rings. The number of halogens is 5. The number of carbonyl (C=O) groups excluding carboxylic acids is 1. The molecule has 3 rings (SSSR count). The molecule has 27 heavy (non-hydrogen) atoms. The molecule has 10 heteroatoms. The van der Waals surface area contributed by atoms with Gasteiger partial charge in [-0.05, 0) is 46.3 Å². The molecule has 0 saturated carbocycles. The molecule has 0 aliphatic heterocycles. The van der Waals surface area contributed by atoms with Gasteiger partial charge in [0.05, 0.1) is 22.8 Å². The Morgan fingerprint density at radius 2 is 2.04 bits per heavy atom. The molecular formula is C17H10BrClF3N3O2. The molecule has 0 radical (unpaired) electrons. The fourth-order valence-electron chi connectivity index (χ4n) is 2.29. The fourth-order valence-corrected chi connectivity index (χ4v) is 3.07. The Balaban J connectivity index is 1.88. The lowest BCUT2D eigenvalue weighted by molar-refractivity contribution is -0.274.